The number of carbonyl (C=O) groups excluding carboxylic acids is 1. The predicted molar refractivity (Wildman–Crippen MR) is 105 cm³/mol. The Morgan fingerprint density at radius 3 is 2.54 bits per heavy atom. The van der Waals surface area contributed by atoms with E-state index in [4.69, 9.17) is 16.3 Å². The number of rotatable bonds is 6. The molecule has 0 N–H and O–H groups in total. The number of hydrogen-bond donors (Lipinski definition) is 0. The van der Waals surface area contributed by atoms with Crippen molar-refractivity contribution in [1.82, 2.24) is 4.90 Å². The first kappa shape index (κ1) is 18.9. The number of carbonyl (C=O) groups is 1. The smallest absolute Gasteiger partial charge is 0.313 e. The fraction of sp³-hybridized carbons (Fsp3) is 0.409. The Labute approximate surface area is 160 Å². The molecule has 1 aliphatic heterocycles. The zero-order valence-electron chi connectivity index (χ0n) is 15.3. The second-order valence-electron chi connectivity index (χ2n) is 7.19. The summed E-state index contributed by atoms with van der Waals surface area (Å²) in [7, 11) is 1.49. The van der Waals surface area contributed by atoms with Gasteiger partial charge in [0.05, 0.1) is 12.5 Å². The lowest BCUT2D eigenvalue weighted by Gasteiger charge is -2.41. The van der Waals surface area contributed by atoms with Crippen molar-refractivity contribution in [1.29, 1.82) is 0 Å². The van der Waals surface area contributed by atoms with Crippen LogP contribution in [0.1, 0.15) is 24.0 Å². The summed E-state index contributed by atoms with van der Waals surface area (Å²) in [6.45, 7) is 2.74. The van der Waals surface area contributed by atoms with Gasteiger partial charge in [0, 0.05) is 18.1 Å². The van der Waals surface area contributed by atoms with Gasteiger partial charge in [0.2, 0.25) is 0 Å². The summed E-state index contributed by atoms with van der Waals surface area (Å²) in [5.74, 6) is -0.100. The Bertz CT molecular complexity index is 717. The number of methoxy groups -OCH3 is 1. The molecule has 4 heteroatoms. The van der Waals surface area contributed by atoms with Crippen LogP contribution in [0, 0.1) is 5.41 Å². The summed E-state index contributed by atoms with van der Waals surface area (Å²) in [5.41, 5.74) is 1.99. The van der Waals surface area contributed by atoms with Crippen molar-refractivity contribution in [2.45, 2.75) is 25.7 Å². The highest BCUT2D eigenvalue weighted by Gasteiger charge is 2.43. The number of ether oxygens (including phenoxy) is 1. The van der Waals surface area contributed by atoms with Crippen molar-refractivity contribution >= 4 is 17.6 Å². The number of esters is 1. The fourth-order valence-electron chi connectivity index (χ4n) is 3.94. The molecule has 0 spiro atoms. The van der Waals surface area contributed by atoms with Crippen molar-refractivity contribution in [2.75, 3.05) is 26.7 Å². The topological polar surface area (TPSA) is 29.5 Å². The van der Waals surface area contributed by atoms with Crippen LogP contribution in [0.3, 0.4) is 0 Å². The van der Waals surface area contributed by atoms with Crippen LogP contribution in [-0.4, -0.2) is 37.6 Å². The Balaban J connectivity index is 1.71. The highest BCUT2D eigenvalue weighted by molar-refractivity contribution is 6.30. The highest BCUT2D eigenvalue weighted by Crippen LogP contribution is 2.35. The van der Waals surface area contributed by atoms with Gasteiger partial charge in [0.25, 0.3) is 0 Å². The summed E-state index contributed by atoms with van der Waals surface area (Å²) in [4.78, 5) is 15.1. The minimum atomic E-state index is -0.475. The number of benzene rings is 2. The Morgan fingerprint density at radius 2 is 1.85 bits per heavy atom. The lowest BCUT2D eigenvalue weighted by Crippen LogP contribution is -2.50. The molecule has 3 nitrogen and oxygen atoms in total. The average Bonchev–Trinajstić information content (AvgIpc) is 2.68. The standard InChI is InChI=1S/C22H26ClNO2/c1-26-21(25)22(16-19-8-10-20(23)11-9-19)13-5-14-24(17-22)15-12-18-6-3-2-4-7-18/h2-4,6-11H,5,12-17H2,1H3. The zero-order chi connectivity index (χ0) is 18.4. The third-order valence-electron chi connectivity index (χ3n) is 5.29. The van der Waals surface area contributed by atoms with Gasteiger partial charge in [-0.25, -0.2) is 0 Å². The highest BCUT2D eigenvalue weighted by atomic mass is 35.5. The van der Waals surface area contributed by atoms with Gasteiger partial charge in [0.15, 0.2) is 0 Å². The van der Waals surface area contributed by atoms with E-state index in [0.29, 0.717) is 11.4 Å². The lowest BCUT2D eigenvalue weighted by atomic mass is 9.75. The largest absolute Gasteiger partial charge is 0.469 e. The van der Waals surface area contributed by atoms with Crippen LogP contribution in [0.15, 0.2) is 54.6 Å². The van der Waals surface area contributed by atoms with E-state index in [1.165, 1.54) is 12.7 Å². The van der Waals surface area contributed by atoms with Crippen LogP contribution in [0.25, 0.3) is 0 Å². The molecule has 1 fully saturated rings. The van der Waals surface area contributed by atoms with Gasteiger partial charge in [-0.05, 0) is 55.5 Å². The molecule has 2 aromatic rings. The van der Waals surface area contributed by atoms with E-state index in [1.807, 2.05) is 30.3 Å². The van der Waals surface area contributed by atoms with Crippen LogP contribution < -0.4 is 0 Å². The van der Waals surface area contributed by atoms with E-state index >= 15 is 0 Å². The molecule has 2 aromatic carbocycles. The molecule has 1 atom stereocenters. The Kier molecular flexibility index (Phi) is 6.33. The van der Waals surface area contributed by atoms with Crippen LogP contribution in [-0.2, 0) is 22.4 Å². The molecule has 1 unspecified atom stereocenters. The van der Waals surface area contributed by atoms with Gasteiger partial charge in [-0.15, -0.1) is 0 Å². The molecule has 1 aliphatic rings. The van der Waals surface area contributed by atoms with Gasteiger partial charge in [-0.3, -0.25) is 4.79 Å². The first-order valence-electron chi connectivity index (χ1n) is 9.20. The molecule has 0 amide bonds. The van der Waals surface area contributed by atoms with Crippen molar-refractivity contribution in [3.05, 3.63) is 70.7 Å². The monoisotopic (exact) mass is 371 g/mol. The van der Waals surface area contributed by atoms with Crippen LogP contribution >= 0.6 is 11.6 Å². The van der Waals surface area contributed by atoms with Crippen molar-refractivity contribution in [3.63, 3.8) is 0 Å². The number of hydrogen-bond acceptors (Lipinski definition) is 3. The van der Waals surface area contributed by atoms with Crippen LogP contribution in [0.4, 0.5) is 0 Å². The number of nitrogens with zero attached hydrogens (tertiary/aromatic N) is 1. The zero-order valence-corrected chi connectivity index (χ0v) is 16.0. The van der Waals surface area contributed by atoms with Crippen LogP contribution in [0.2, 0.25) is 5.02 Å². The third kappa shape index (κ3) is 4.66. The van der Waals surface area contributed by atoms with Gasteiger partial charge in [-0.1, -0.05) is 54.1 Å². The van der Waals surface area contributed by atoms with E-state index < -0.39 is 5.41 Å². The minimum absolute atomic E-state index is 0.100. The van der Waals surface area contributed by atoms with Gasteiger partial charge < -0.3 is 9.64 Å². The number of likely N-dealkylation sites (tertiary alicyclic amines) is 1. The van der Waals surface area contributed by atoms with E-state index in [-0.39, 0.29) is 5.97 Å². The summed E-state index contributed by atoms with van der Waals surface area (Å²) in [5, 5.41) is 0.717. The Morgan fingerprint density at radius 1 is 1.12 bits per heavy atom. The van der Waals surface area contributed by atoms with E-state index in [1.54, 1.807) is 0 Å². The maximum Gasteiger partial charge on any atom is 0.313 e. The maximum absolute atomic E-state index is 12.7. The van der Waals surface area contributed by atoms with Crippen molar-refractivity contribution < 1.29 is 9.53 Å². The molecule has 1 heterocycles. The predicted octanol–water partition coefficient (Wildman–Crippen LogP) is 4.38. The summed E-state index contributed by atoms with van der Waals surface area (Å²) in [6.07, 6.45) is 3.57. The minimum Gasteiger partial charge on any atom is -0.469 e. The maximum atomic E-state index is 12.7. The van der Waals surface area contributed by atoms with E-state index in [0.717, 1.165) is 44.5 Å². The molecule has 0 radical (unpaired) electrons. The molecule has 0 bridgehead atoms. The van der Waals surface area contributed by atoms with Crippen molar-refractivity contribution in [3.8, 4) is 0 Å². The molecule has 26 heavy (non-hydrogen) atoms. The van der Waals surface area contributed by atoms with E-state index in [9.17, 15) is 4.79 Å². The normalized spacial score (nSPS) is 20.7. The first-order chi connectivity index (χ1) is 12.6. The second kappa shape index (κ2) is 8.70. The first-order valence-corrected chi connectivity index (χ1v) is 9.58. The molecule has 1 saturated heterocycles. The molecule has 0 aliphatic carbocycles. The van der Waals surface area contributed by atoms with Crippen molar-refractivity contribution in [2.24, 2.45) is 5.41 Å². The quantitative estimate of drug-likeness (QED) is 0.706. The van der Waals surface area contributed by atoms with Gasteiger partial charge in [0.1, 0.15) is 0 Å². The summed E-state index contributed by atoms with van der Waals surface area (Å²) >= 11 is 6.00. The summed E-state index contributed by atoms with van der Waals surface area (Å²) in [6, 6.07) is 18.3. The summed E-state index contributed by atoms with van der Waals surface area (Å²) < 4.78 is 5.21. The number of piperidine rings is 1. The third-order valence-corrected chi connectivity index (χ3v) is 5.54. The molecular formula is C22H26ClNO2. The Hall–Kier alpha value is -1.84. The SMILES string of the molecule is COC(=O)C1(Cc2ccc(Cl)cc2)CCCN(CCc2ccccc2)C1. The van der Waals surface area contributed by atoms with E-state index in [2.05, 4.69) is 29.2 Å². The van der Waals surface area contributed by atoms with Gasteiger partial charge >= 0.3 is 5.97 Å². The van der Waals surface area contributed by atoms with Crippen LogP contribution in [0.5, 0.6) is 0 Å². The second-order valence-corrected chi connectivity index (χ2v) is 7.63. The molecular weight excluding hydrogens is 346 g/mol. The number of halogens is 1. The molecule has 0 aromatic heterocycles. The molecule has 138 valence electrons. The van der Waals surface area contributed by atoms with Gasteiger partial charge in [-0.2, -0.15) is 0 Å². The lowest BCUT2D eigenvalue weighted by molar-refractivity contribution is -0.156. The fourth-order valence-corrected chi connectivity index (χ4v) is 4.07. The average molecular weight is 372 g/mol. The molecule has 0 saturated carbocycles. The molecule has 3 rings (SSSR count).